The fraction of sp³-hybridized carbons (Fsp3) is 0.300. The molecule has 1 aliphatic rings. The van der Waals surface area contributed by atoms with E-state index in [-0.39, 0.29) is 35.4 Å². The predicted molar refractivity (Wildman–Crippen MR) is 103 cm³/mol. The second-order valence-corrected chi connectivity index (χ2v) is 7.47. The fourth-order valence-electron chi connectivity index (χ4n) is 2.52. The van der Waals surface area contributed by atoms with E-state index in [0.717, 1.165) is 12.8 Å². The second kappa shape index (κ2) is 8.79. The van der Waals surface area contributed by atoms with Gasteiger partial charge in [0.2, 0.25) is 11.7 Å². The third-order valence-corrected chi connectivity index (χ3v) is 5.08. The Hall–Kier alpha value is -3.00. The van der Waals surface area contributed by atoms with Gasteiger partial charge < -0.3 is 15.0 Å². The number of likely N-dealkylation sites (N-methyl/N-ethyl adjacent to an activating group) is 1. The summed E-state index contributed by atoms with van der Waals surface area (Å²) in [7, 11) is 1.47. The Morgan fingerprint density at radius 1 is 1.11 bits per heavy atom. The lowest BCUT2D eigenvalue weighted by Gasteiger charge is -2.17. The van der Waals surface area contributed by atoms with E-state index < -0.39 is 18.5 Å². The SMILES string of the molecule is CN(CC(=O)NC1CC1)C(=O)COC(=O)c1ccccc1C(=O)c1cccs1. The summed E-state index contributed by atoms with van der Waals surface area (Å²) in [4.78, 5) is 50.6. The van der Waals surface area contributed by atoms with Crippen molar-refractivity contribution in [3.8, 4) is 0 Å². The molecule has 1 aromatic carbocycles. The number of ketones is 1. The molecule has 0 spiro atoms. The molecular formula is C20H20N2O5S. The molecule has 3 rings (SSSR count). The van der Waals surface area contributed by atoms with Crippen LogP contribution in [-0.2, 0) is 14.3 Å². The molecule has 1 heterocycles. The van der Waals surface area contributed by atoms with Crippen LogP contribution in [0.3, 0.4) is 0 Å². The maximum atomic E-state index is 12.6. The lowest BCUT2D eigenvalue weighted by Crippen LogP contribution is -2.40. The first-order chi connectivity index (χ1) is 13.5. The number of nitrogens with zero attached hydrogens (tertiary/aromatic N) is 1. The van der Waals surface area contributed by atoms with Crippen molar-refractivity contribution in [3.05, 3.63) is 57.8 Å². The van der Waals surface area contributed by atoms with E-state index in [4.69, 9.17) is 4.74 Å². The van der Waals surface area contributed by atoms with E-state index in [1.54, 1.807) is 35.7 Å². The molecule has 7 nitrogen and oxygen atoms in total. The van der Waals surface area contributed by atoms with Gasteiger partial charge in [-0.05, 0) is 30.4 Å². The van der Waals surface area contributed by atoms with Crippen LogP contribution in [0.5, 0.6) is 0 Å². The molecule has 146 valence electrons. The van der Waals surface area contributed by atoms with Gasteiger partial charge in [0.1, 0.15) is 0 Å². The third kappa shape index (κ3) is 5.04. The molecular weight excluding hydrogens is 380 g/mol. The number of carbonyl (C=O) groups excluding carboxylic acids is 4. The quantitative estimate of drug-likeness (QED) is 0.539. The van der Waals surface area contributed by atoms with Crippen LogP contribution in [0.4, 0.5) is 0 Å². The number of thiophene rings is 1. The highest BCUT2D eigenvalue weighted by Crippen LogP contribution is 2.19. The summed E-state index contributed by atoms with van der Waals surface area (Å²) in [6, 6.07) is 9.97. The highest BCUT2D eigenvalue weighted by atomic mass is 32.1. The molecule has 0 saturated heterocycles. The Morgan fingerprint density at radius 3 is 2.46 bits per heavy atom. The Balaban J connectivity index is 1.58. The summed E-state index contributed by atoms with van der Waals surface area (Å²) < 4.78 is 5.08. The standard InChI is InChI=1S/C20H20N2O5S/c1-22(11-17(23)21-13-8-9-13)18(24)12-27-20(26)15-6-3-2-5-14(15)19(25)16-7-4-10-28-16/h2-7,10,13H,8-9,11-12H2,1H3,(H,21,23). The van der Waals surface area contributed by atoms with Crippen molar-refractivity contribution in [2.45, 2.75) is 18.9 Å². The maximum Gasteiger partial charge on any atom is 0.339 e. The fourth-order valence-corrected chi connectivity index (χ4v) is 3.20. The summed E-state index contributed by atoms with van der Waals surface area (Å²) >= 11 is 1.28. The number of hydrogen-bond donors (Lipinski definition) is 1. The number of benzene rings is 1. The van der Waals surface area contributed by atoms with E-state index >= 15 is 0 Å². The van der Waals surface area contributed by atoms with Crippen LogP contribution in [0.2, 0.25) is 0 Å². The highest BCUT2D eigenvalue weighted by molar-refractivity contribution is 7.12. The van der Waals surface area contributed by atoms with Crippen molar-refractivity contribution in [1.29, 1.82) is 0 Å². The van der Waals surface area contributed by atoms with Crippen LogP contribution in [0.1, 0.15) is 38.4 Å². The van der Waals surface area contributed by atoms with Gasteiger partial charge in [-0.25, -0.2) is 4.79 Å². The number of rotatable bonds is 8. The molecule has 0 radical (unpaired) electrons. The molecule has 2 amide bonds. The summed E-state index contributed by atoms with van der Waals surface area (Å²) in [6.07, 6.45) is 1.93. The van der Waals surface area contributed by atoms with E-state index in [9.17, 15) is 19.2 Å². The topological polar surface area (TPSA) is 92.8 Å². The van der Waals surface area contributed by atoms with Gasteiger partial charge in [-0.2, -0.15) is 0 Å². The zero-order chi connectivity index (χ0) is 20.1. The van der Waals surface area contributed by atoms with Crippen molar-refractivity contribution in [1.82, 2.24) is 10.2 Å². The molecule has 1 N–H and O–H groups in total. The van der Waals surface area contributed by atoms with Gasteiger partial charge in [-0.1, -0.05) is 24.3 Å². The van der Waals surface area contributed by atoms with Gasteiger partial charge in [0.25, 0.3) is 5.91 Å². The lowest BCUT2D eigenvalue weighted by atomic mass is 10.0. The lowest BCUT2D eigenvalue weighted by molar-refractivity contribution is -0.137. The number of hydrogen-bond acceptors (Lipinski definition) is 6. The Kier molecular flexibility index (Phi) is 6.20. The third-order valence-electron chi connectivity index (χ3n) is 4.21. The van der Waals surface area contributed by atoms with Crippen LogP contribution in [0, 0.1) is 0 Å². The first kappa shape index (κ1) is 19.8. The Morgan fingerprint density at radius 2 is 1.82 bits per heavy atom. The van der Waals surface area contributed by atoms with E-state index in [1.807, 2.05) is 0 Å². The number of nitrogens with one attached hydrogen (secondary N) is 1. The Labute approximate surface area is 166 Å². The van der Waals surface area contributed by atoms with Gasteiger partial charge >= 0.3 is 5.97 Å². The molecule has 0 unspecified atom stereocenters. The Bertz CT molecular complexity index is 890. The van der Waals surface area contributed by atoms with Crippen LogP contribution in [0.15, 0.2) is 41.8 Å². The summed E-state index contributed by atoms with van der Waals surface area (Å²) in [6.45, 7) is -0.603. The molecule has 8 heteroatoms. The molecule has 1 aromatic heterocycles. The predicted octanol–water partition coefficient (Wildman–Crippen LogP) is 1.87. The number of ether oxygens (including phenoxy) is 1. The molecule has 1 saturated carbocycles. The highest BCUT2D eigenvalue weighted by Gasteiger charge is 2.25. The van der Waals surface area contributed by atoms with E-state index in [1.165, 1.54) is 29.4 Å². The van der Waals surface area contributed by atoms with Crippen LogP contribution >= 0.6 is 11.3 Å². The van der Waals surface area contributed by atoms with Crippen molar-refractivity contribution < 1.29 is 23.9 Å². The zero-order valence-corrected chi connectivity index (χ0v) is 16.2. The van der Waals surface area contributed by atoms with Gasteiger partial charge in [0, 0.05) is 18.7 Å². The van der Waals surface area contributed by atoms with Crippen molar-refractivity contribution >= 4 is 34.9 Å². The van der Waals surface area contributed by atoms with Gasteiger partial charge in [-0.15, -0.1) is 11.3 Å². The largest absolute Gasteiger partial charge is 0.452 e. The monoisotopic (exact) mass is 400 g/mol. The molecule has 2 aromatic rings. The van der Waals surface area contributed by atoms with Crippen molar-refractivity contribution in [3.63, 3.8) is 0 Å². The number of esters is 1. The van der Waals surface area contributed by atoms with Crippen molar-refractivity contribution in [2.75, 3.05) is 20.2 Å². The first-order valence-electron chi connectivity index (χ1n) is 8.83. The summed E-state index contributed by atoms with van der Waals surface area (Å²) in [5.41, 5.74) is 0.322. The molecule has 28 heavy (non-hydrogen) atoms. The first-order valence-corrected chi connectivity index (χ1v) is 9.71. The molecule has 1 aliphatic carbocycles. The maximum absolute atomic E-state index is 12.6. The van der Waals surface area contributed by atoms with Gasteiger partial charge in [0.15, 0.2) is 6.61 Å². The summed E-state index contributed by atoms with van der Waals surface area (Å²) in [5, 5.41) is 4.57. The minimum Gasteiger partial charge on any atom is -0.452 e. The van der Waals surface area contributed by atoms with E-state index in [0.29, 0.717) is 4.88 Å². The van der Waals surface area contributed by atoms with Crippen LogP contribution in [0.25, 0.3) is 0 Å². The number of amides is 2. The molecule has 0 aliphatic heterocycles. The molecule has 0 atom stereocenters. The van der Waals surface area contributed by atoms with Crippen LogP contribution in [-0.4, -0.2) is 54.7 Å². The smallest absolute Gasteiger partial charge is 0.339 e. The average Bonchev–Trinajstić information content (AvgIpc) is 3.32. The average molecular weight is 400 g/mol. The van der Waals surface area contributed by atoms with E-state index in [2.05, 4.69) is 5.32 Å². The summed E-state index contributed by atoms with van der Waals surface area (Å²) in [5.74, 6) is -1.77. The number of carbonyl (C=O) groups is 4. The molecule has 0 bridgehead atoms. The minimum atomic E-state index is -0.760. The molecule has 1 fully saturated rings. The normalized spacial score (nSPS) is 12.9. The minimum absolute atomic E-state index is 0.0969. The van der Waals surface area contributed by atoms with Crippen molar-refractivity contribution in [2.24, 2.45) is 0 Å². The van der Waals surface area contributed by atoms with Gasteiger partial charge in [0.05, 0.1) is 17.0 Å². The second-order valence-electron chi connectivity index (χ2n) is 6.52. The van der Waals surface area contributed by atoms with Gasteiger partial charge in [-0.3, -0.25) is 14.4 Å². The zero-order valence-electron chi connectivity index (χ0n) is 15.3. The van der Waals surface area contributed by atoms with Crippen LogP contribution < -0.4 is 5.32 Å².